The first-order valence-corrected chi connectivity index (χ1v) is 9.90. The van der Waals surface area contributed by atoms with Crippen LogP contribution in [0.2, 0.25) is 0 Å². The van der Waals surface area contributed by atoms with Gasteiger partial charge in [-0.05, 0) is 55.4 Å². The van der Waals surface area contributed by atoms with Gasteiger partial charge in [0.05, 0.1) is 4.90 Å². The molecule has 1 amide bonds. The van der Waals surface area contributed by atoms with E-state index in [1.807, 2.05) is 0 Å². The van der Waals surface area contributed by atoms with Gasteiger partial charge < -0.3 is 4.90 Å². The van der Waals surface area contributed by atoms with Gasteiger partial charge in [-0.15, -0.1) is 0 Å². The molecule has 2 heterocycles. The maximum absolute atomic E-state index is 12.8. The molecule has 4 rings (SSSR count). The Morgan fingerprint density at radius 3 is 2.17 bits per heavy atom. The van der Waals surface area contributed by atoms with E-state index in [-0.39, 0.29) is 5.91 Å². The minimum absolute atomic E-state index is 0.118. The zero-order valence-electron chi connectivity index (χ0n) is 13.1. The van der Waals surface area contributed by atoms with Gasteiger partial charge in [0.15, 0.2) is 0 Å². The summed E-state index contributed by atoms with van der Waals surface area (Å²) in [5.74, 6) is 1.21. The van der Waals surface area contributed by atoms with Crippen LogP contribution in [-0.2, 0) is 14.8 Å². The lowest BCUT2D eigenvalue weighted by Crippen LogP contribution is -2.29. The Morgan fingerprint density at radius 1 is 0.957 bits per heavy atom. The summed E-state index contributed by atoms with van der Waals surface area (Å²) in [7, 11) is -3.40. The predicted octanol–water partition coefficient (Wildman–Crippen LogP) is 2.23. The van der Waals surface area contributed by atoms with E-state index in [0.29, 0.717) is 36.2 Å². The zero-order valence-corrected chi connectivity index (χ0v) is 14.0. The molecule has 2 unspecified atom stereocenters. The third-order valence-corrected chi connectivity index (χ3v) is 7.40. The predicted molar refractivity (Wildman–Crippen MR) is 87.6 cm³/mol. The van der Waals surface area contributed by atoms with Crippen LogP contribution in [0.5, 0.6) is 0 Å². The normalized spacial score (nSPS) is 28.5. The van der Waals surface area contributed by atoms with Crippen molar-refractivity contribution in [1.29, 1.82) is 0 Å². The van der Waals surface area contributed by atoms with E-state index in [2.05, 4.69) is 0 Å². The van der Waals surface area contributed by atoms with E-state index >= 15 is 0 Å². The van der Waals surface area contributed by atoms with E-state index in [4.69, 9.17) is 0 Å². The lowest BCUT2D eigenvalue weighted by atomic mass is 10.0. The lowest BCUT2D eigenvalue weighted by Gasteiger charge is -2.19. The standard InChI is InChI=1S/C17H22N2O3S/c20-17-5-2-10-19(17)15-6-8-16(9-7-15)23(21,22)18-11-13-3-1-4-14(13)12-18/h6-9,13-14H,1-5,10-12H2. The summed E-state index contributed by atoms with van der Waals surface area (Å²) >= 11 is 0. The van der Waals surface area contributed by atoms with Crippen LogP contribution in [-0.4, -0.2) is 38.3 Å². The van der Waals surface area contributed by atoms with Gasteiger partial charge in [0.25, 0.3) is 0 Å². The van der Waals surface area contributed by atoms with Crippen LogP contribution < -0.4 is 4.90 Å². The zero-order chi connectivity index (χ0) is 16.0. The Balaban J connectivity index is 1.54. The van der Waals surface area contributed by atoms with Gasteiger partial charge in [-0.2, -0.15) is 4.31 Å². The van der Waals surface area contributed by atoms with Crippen molar-refractivity contribution < 1.29 is 13.2 Å². The first-order valence-electron chi connectivity index (χ1n) is 8.46. The van der Waals surface area contributed by atoms with Crippen molar-refractivity contribution in [3.05, 3.63) is 24.3 Å². The van der Waals surface area contributed by atoms with Crippen LogP contribution >= 0.6 is 0 Å². The minimum Gasteiger partial charge on any atom is -0.312 e. The van der Waals surface area contributed by atoms with E-state index in [1.54, 1.807) is 33.5 Å². The number of nitrogens with zero attached hydrogens (tertiary/aromatic N) is 2. The van der Waals surface area contributed by atoms with Gasteiger partial charge in [0.2, 0.25) is 15.9 Å². The summed E-state index contributed by atoms with van der Waals surface area (Å²) in [5.41, 5.74) is 0.796. The Kier molecular flexibility index (Phi) is 3.69. The molecule has 0 aromatic heterocycles. The second-order valence-corrected chi connectivity index (χ2v) is 8.85. The van der Waals surface area contributed by atoms with Gasteiger partial charge in [-0.3, -0.25) is 4.79 Å². The fourth-order valence-corrected chi connectivity index (χ4v) is 5.81. The van der Waals surface area contributed by atoms with E-state index in [9.17, 15) is 13.2 Å². The summed E-state index contributed by atoms with van der Waals surface area (Å²) in [5, 5.41) is 0. The molecule has 23 heavy (non-hydrogen) atoms. The van der Waals surface area contributed by atoms with Crippen molar-refractivity contribution in [3.8, 4) is 0 Å². The quantitative estimate of drug-likeness (QED) is 0.852. The number of benzene rings is 1. The Morgan fingerprint density at radius 2 is 1.61 bits per heavy atom. The van der Waals surface area contributed by atoms with E-state index < -0.39 is 10.0 Å². The second-order valence-electron chi connectivity index (χ2n) is 6.92. The average Bonchev–Trinajstić information content (AvgIpc) is 3.22. The van der Waals surface area contributed by atoms with Crippen LogP contribution in [0.15, 0.2) is 29.2 Å². The highest BCUT2D eigenvalue weighted by Crippen LogP contribution is 2.39. The lowest BCUT2D eigenvalue weighted by molar-refractivity contribution is -0.117. The molecular formula is C17H22N2O3S. The third-order valence-electron chi connectivity index (χ3n) is 5.55. The molecule has 6 heteroatoms. The topological polar surface area (TPSA) is 57.7 Å². The SMILES string of the molecule is O=C1CCCN1c1ccc(S(=O)(=O)N2CC3CCCC3C2)cc1. The molecule has 124 valence electrons. The summed E-state index contributed by atoms with van der Waals surface area (Å²) in [6, 6.07) is 6.80. The van der Waals surface area contributed by atoms with Crippen molar-refractivity contribution in [1.82, 2.24) is 4.31 Å². The van der Waals surface area contributed by atoms with Crippen molar-refractivity contribution in [3.63, 3.8) is 0 Å². The van der Waals surface area contributed by atoms with Crippen LogP contribution in [0.25, 0.3) is 0 Å². The Hall–Kier alpha value is -1.40. The molecule has 1 aromatic rings. The number of anilines is 1. The van der Waals surface area contributed by atoms with Gasteiger partial charge in [0.1, 0.15) is 0 Å². The highest BCUT2D eigenvalue weighted by Gasteiger charge is 2.41. The monoisotopic (exact) mass is 334 g/mol. The number of amides is 1. The summed E-state index contributed by atoms with van der Waals surface area (Å²) in [6.07, 6.45) is 5.01. The third kappa shape index (κ3) is 2.58. The Labute approximate surface area is 137 Å². The summed E-state index contributed by atoms with van der Waals surface area (Å²) < 4.78 is 27.3. The second kappa shape index (κ2) is 5.60. The molecule has 0 N–H and O–H groups in total. The molecule has 3 fully saturated rings. The molecule has 2 aliphatic heterocycles. The first-order chi connectivity index (χ1) is 11.1. The highest BCUT2D eigenvalue weighted by atomic mass is 32.2. The average molecular weight is 334 g/mol. The smallest absolute Gasteiger partial charge is 0.243 e. The molecule has 0 spiro atoms. The van der Waals surface area contributed by atoms with Crippen molar-refractivity contribution in [2.45, 2.75) is 37.0 Å². The Bertz CT molecular complexity index is 702. The maximum Gasteiger partial charge on any atom is 0.243 e. The van der Waals surface area contributed by atoms with Crippen LogP contribution in [0.4, 0.5) is 5.69 Å². The van der Waals surface area contributed by atoms with Crippen molar-refractivity contribution in [2.24, 2.45) is 11.8 Å². The van der Waals surface area contributed by atoms with Crippen molar-refractivity contribution >= 4 is 21.6 Å². The molecule has 0 bridgehead atoms. The molecule has 1 aromatic carbocycles. The summed E-state index contributed by atoms with van der Waals surface area (Å²) in [6.45, 7) is 2.05. The number of carbonyl (C=O) groups is 1. The number of hydrogen-bond acceptors (Lipinski definition) is 3. The van der Waals surface area contributed by atoms with E-state index in [1.165, 1.54) is 6.42 Å². The number of sulfonamides is 1. The minimum atomic E-state index is -3.40. The van der Waals surface area contributed by atoms with Crippen molar-refractivity contribution in [2.75, 3.05) is 24.5 Å². The molecule has 2 atom stereocenters. The molecule has 2 saturated heterocycles. The largest absolute Gasteiger partial charge is 0.312 e. The molecule has 0 radical (unpaired) electrons. The van der Waals surface area contributed by atoms with Gasteiger partial charge in [-0.1, -0.05) is 6.42 Å². The molecule has 5 nitrogen and oxygen atoms in total. The molecule has 3 aliphatic rings. The summed E-state index contributed by atoms with van der Waals surface area (Å²) in [4.78, 5) is 13.9. The highest BCUT2D eigenvalue weighted by molar-refractivity contribution is 7.89. The van der Waals surface area contributed by atoms with Gasteiger partial charge >= 0.3 is 0 Å². The molecule has 1 saturated carbocycles. The molecular weight excluding hydrogens is 312 g/mol. The number of carbonyl (C=O) groups excluding carboxylic acids is 1. The fourth-order valence-electron chi connectivity index (χ4n) is 4.26. The first kappa shape index (κ1) is 15.1. The number of hydrogen-bond donors (Lipinski definition) is 0. The van der Waals surface area contributed by atoms with Crippen LogP contribution in [0, 0.1) is 11.8 Å². The van der Waals surface area contributed by atoms with Crippen LogP contribution in [0.3, 0.4) is 0 Å². The van der Waals surface area contributed by atoms with Gasteiger partial charge in [0, 0.05) is 31.7 Å². The maximum atomic E-state index is 12.8. The van der Waals surface area contributed by atoms with Gasteiger partial charge in [-0.25, -0.2) is 8.42 Å². The van der Waals surface area contributed by atoms with E-state index in [0.717, 1.165) is 31.5 Å². The molecule has 1 aliphatic carbocycles. The number of fused-ring (bicyclic) bond motifs is 1. The fraction of sp³-hybridized carbons (Fsp3) is 0.588. The number of rotatable bonds is 3. The van der Waals surface area contributed by atoms with Crippen LogP contribution in [0.1, 0.15) is 32.1 Å².